The fourth-order valence-electron chi connectivity index (χ4n) is 2.03. The topological polar surface area (TPSA) is 66.4 Å². The zero-order valence-electron chi connectivity index (χ0n) is 12.8. The van der Waals surface area contributed by atoms with Gasteiger partial charge in [-0.2, -0.15) is 0 Å². The standard InChI is InChI=1S/C16H22FNO3/c1-10(2)9-13(14(19)20)18-15(21)16(3,4)11-5-7-12(17)8-6-11/h5-8,10,13H,9H2,1-4H3,(H,18,21)(H,19,20)/t13-/m1/s1. The molecule has 116 valence electrons. The van der Waals surface area contributed by atoms with Crippen LogP contribution in [0.1, 0.15) is 39.7 Å². The van der Waals surface area contributed by atoms with Gasteiger partial charge in [0.2, 0.25) is 5.91 Å². The lowest BCUT2D eigenvalue weighted by Gasteiger charge is -2.27. The number of aliphatic carboxylic acids is 1. The normalized spacial score (nSPS) is 13.0. The van der Waals surface area contributed by atoms with E-state index >= 15 is 0 Å². The molecule has 1 aromatic rings. The second-order valence-corrected chi connectivity index (χ2v) is 6.13. The second-order valence-electron chi connectivity index (χ2n) is 6.13. The summed E-state index contributed by atoms with van der Waals surface area (Å²) in [5.74, 6) is -1.66. The number of nitrogens with one attached hydrogen (secondary N) is 1. The summed E-state index contributed by atoms with van der Waals surface area (Å²) in [4.78, 5) is 23.6. The van der Waals surface area contributed by atoms with Crippen molar-refractivity contribution in [2.75, 3.05) is 0 Å². The van der Waals surface area contributed by atoms with Crippen molar-refractivity contribution >= 4 is 11.9 Å². The Kier molecular flexibility index (Phi) is 5.47. The molecule has 0 saturated carbocycles. The number of carboxylic acid groups (broad SMARTS) is 1. The van der Waals surface area contributed by atoms with Crippen molar-refractivity contribution in [2.45, 2.75) is 45.6 Å². The number of carbonyl (C=O) groups is 2. The molecule has 0 saturated heterocycles. The van der Waals surface area contributed by atoms with Gasteiger partial charge in [0.05, 0.1) is 5.41 Å². The average molecular weight is 295 g/mol. The predicted molar refractivity (Wildman–Crippen MR) is 78.4 cm³/mol. The van der Waals surface area contributed by atoms with Gasteiger partial charge in [0.1, 0.15) is 11.9 Å². The van der Waals surface area contributed by atoms with Gasteiger partial charge in [-0.15, -0.1) is 0 Å². The van der Waals surface area contributed by atoms with Crippen LogP contribution in [0.4, 0.5) is 4.39 Å². The lowest BCUT2D eigenvalue weighted by molar-refractivity contribution is -0.143. The molecule has 0 bridgehead atoms. The highest BCUT2D eigenvalue weighted by molar-refractivity contribution is 5.90. The van der Waals surface area contributed by atoms with Crippen LogP contribution in [-0.4, -0.2) is 23.0 Å². The average Bonchev–Trinajstić information content (AvgIpc) is 2.37. The van der Waals surface area contributed by atoms with E-state index in [1.807, 2.05) is 13.8 Å². The van der Waals surface area contributed by atoms with Crippen LogP contribution in [0.3, 0.4) is 0 Å². The summed E-state index contributed by atoms with van der Waals surface area (Å²) in [6.07, 6.45) is 0.362. The van der Waals surface area contributed by atoms with Crippen LogP contribution in [0.2, 0.25) is 0 Å². The van der Waals surface area contributed by atoms with E-state index in [1.165, 1.54) is 24.3 Å². The summed E-state index contributed by atoms with van der Waals surface area (Å²) >= 11 is 0. The molecule has 1 rings (SSSR count). The number of halogens is 1. The largest absolute Gasteiger partial charge is 0.480 e. The maximum absolute atomic E-state index is 13.0. The fraction of sp³-hybridized carbons (Fsp3) is 0.500. The first-order valence-corrected chi connectivity index (χ1v) is 6.94. The van der Waals surface area contributed by atoms with Gasteiger partial charge in [0.25, 0.3) is 0 Å². The molecule has 0 spiro atoms. The van der Waals surface area contributed by atoms with E-state index in [1.54, 1.807) is 13.8 Å². The molecule has 5 heteroatoms. The Labute approximate surface area is 124 Å². The summed E-state index contributed by atoms with van der Waals surface area (Å²) in [5.41, 5.74) is -0.298. The Morgan fingerprint density at radius 3 is 2.19 bits per heavy atom. The van der Waals surface area contributed by atoms with Gasteiger partial charge in [0.15, 0.2) is 0 Å². The monoisotopic (exact) mass is 295 g/mol. The SMILES string of the molecule is CC(C)C[C@@H](NC(=O)C(C)(C)c1ccc(F)cc1)C(=O)O. The van der Waals surface area contributed by atoms with E-state index in [4.69, 9.17) is 0 Å². The van der Waals surface area contributed by atoms with Crippen LogP contribution < -0.4 is 5.32 Å². The molecule has 4 nitrogen and oxygen atoms in total. The zero-order valence-corrected chi connectivity index (χ0v) is 12.8. The van der Waals surface area contributed by atoms with E-state index in [0.717, 1.165) is 0 Å². The van der Waals surface area contributed by atoms with Crippen LogP contribution in [0.15, 0.2) is 24.3 Å². The molecule has 0 fully saturated rings. The lowest BCUT2D eigenvalue weighted by Crippen LogP contribution is -2.48. The van der Waals surface area contributed by atoms with Crippen molar-refractivity contribution in [3.05, 3.63) is 35.6 Å². The first kappa shape index (κ1) is 17.1. The molecule has 0 unspecified atom stereocenters. The van der Waals surface area contributed by atoms with Crippen molar-refractivity contribution in [3.8, 4) is 0 Å². The number of benzene rings is 1. The van der Waals surface area contributed by atoms with Gasteiger partial charge in [-0.1, -0.05) is 26.0 Å². The summed E-state index contributed by atoms with van der Waals surface area (Å²) in [6.45, 7) is 7.16. The second kappa shape index (κ2) is 6.70. The molecule has 0 aliphatic heterocycles. The van der Waals surface area contributed by atoms with Crippen LogP contribution in [0, 0.1) is 11.7 Å². The van der Waals surface area contributed by atoms with Crippen molar-refractivity contribution in [2.24, 2.45) is 5.92 Å². The molecule has 0 aromatic heterocycles. The van der Waals surface area contributed by atoms with Crippen LogP contribution in [-0.2, 0) is 15.0 Å². The molecule has 0 heterocycles. The Hall–Kier alpha value is -1.91. The van der Waals surface area contributed by atoms with Gasteiger partial charge in [0, 0.05) is 0 Å². The third-order valence-corrected chi connectivity index (χ3v) is 3.44. The van der Waals surface area contributed by atoms with Gasteiger partial charge < -0.3 is 10.4 Å². The van der Waals surface area contributed by atoms with Crippen molar-refractivity contribution in [3.63, 3.8) is 0 Å². The first-order chi connectivity index (χ1) is 9.64. The Bertz CT molecular complexity index is 509. The van der Waals surface area contributed by atoms with Crippen molar-refractivity contribution < 1.29 is 19.1 Å². The van der Waals surface area contributed by atoms with E-state index in [2.05, 4.69) is 5.32 Å². The van der Waals surface area contributed by atoms with Crippen molar-refractivity contribution in [1.82, 2.24) is 5.32 Å². The number of hydrogen-bond donors (Lipinski definition) is 2. The summed E-state index contributed by atoms with van der Waals surface area (Å²) in [7, 11) is 0. The molecule has 0 radical (unpaired) electrons. The molecule has 0 aliphatic carbocycles. The first-order valence-electron chi connectivity index (χ1n) is 6.94. The third-order valence-electron chi connectivity index (χ3n) is 3.44. The van der Waals surface area contributed by atoms with Crippen LogP contribution >= 0.6 is 0 Å². The Balaban J connectivity index is 2.89. The van der Waals surface area contributed by atoms with Gasteiger partial charge >= 0.3 is 5.97 Å². The summed E-state index contributed by atoms with van der Waals surface area (Å²) in [5, 5.41) is 11.7. The fourth-order valence-corrected chi connectivity index (χ4v) is 2.03. The Morgan fingerprint density at radius 2 is 1.76 bits per heavy atom. The Morgan fingerprint density at radius 1 is 1.24 bits per heavy atom. The highest BCUT2D eigenvalue weighted by Gasteiger charge is 2.33. The van der Waals surface area contributed by atoms with E-state index < -0.39 is 17.4 Å². The number of amides is 1. The van der Waals surface area contributed by atoms with Crippen LogP contribution in [0.5, 0.6) is 0 Å². The maximum Gasteiger partial charge on any atom is 0.326 e. The third kappa shape index (κ3) is 4.55. The summed E-state index contributed by atoms with van der Waals surface area (Å²) in [6, 6.07) is 4.72. The van der Waals surface area contributed by atoms with Crippen LogP contribution in [0.25, 0.3) is 0 Å². The summed E-state index contributed by atoms with van der Waals surface area (Å²) < 4.78 is 13.0. The van der Waals surface area contributed by atoms with E-state index in [0.29, 0.717) is 12.0 Å². The van der Waals surface area contributed by atoms with Gasteiger partial charge in [-0.05, 0) is 43.9 Å². The quantitative estimate of drug-likeness (QED) is 0.848. The molecule has 2 N–H and O–H groups in total. The number of rotatable bonds is 6. The number of carboxylic acids is 1. The minimum Gasteiger partial charge on any atom is -0.480 e. The maximum atomic E-state index is 13.0. The molecular weight excluding hydrogens is 273 g/mol. The predicted octanol–water partition coefficient (Wildman–Crippen LogP) is 2.72. The molecular formula is C16H22FNO3. The molecule has 1 atom stereocenters. The lowest BCUT2D eigenvalue weighted by atomic mass is 9.83. The highest BCUT2D eigenvalue weighted by atomic mass is 19.1. The molecule has 0 aliphatic rings. The zero-order chi connectivity index (χ0) is 16.2. The van der Waals surface area contributed by atoms with Gasteiger partial charge in [-0.3, -0.25) is 4.79 Å². The molecule has 21 heavy (non-hydrogen) atoms. The smallest absolute Gasteiger partial charge is 0.326 e. The molecule has 1 aromatic carbocycles. The highest BCUT2D eigenvalue weighted by Crippen LogP contribution is 2.24. The number of hydrogen-bond acceptors (Lipinski definition) is 2. The minimum atomic E-state index is -1.05. The van der Waals surface area contributed by atoms with Gasteiger partial charge in [-0.25, -0.2) is 9.18 Å². The van der Waals surface area contributed by atoms with E-state index in [-0.39, 0.29) is 17.6 Å². The minimum absolute atomic E-state index is 0.153. The van der Waals surface area contributed by atoms with Crippen molar-refractivity contribution in [1.29, 1.82) is 0 Å². The molecule has 1 amide bonds. The van der Waals surface area contributed by atoms with E-state index in [9.17, 15) is 19.1 Å². The number of carbonyl (C=O) groups excluding carboxylic acids is 1.